The van der Waals surface area contributed by atoms with E-state index >= 15 is 0 Å². The van der Waals surface area contributed by atoms with E-state index in [9.17, 15) is 4.79 Å². The minimum atomic E-state index is 0. The molecule has 0 atom stereocenters. The Hall–Kier alpha value is -2.45. The number of carbonyl (C=O) groups is 1. The molecule has 1 aromatic heterocycles. The van der Waals surface area contributed by atoms with Crippen LogP contribution in [0.3, 0.4) is 0 Å². The zero-order valence-corrected chi connectivity index (χ0v) is 19.5. The summed E-state index contributed by atoms with van der Waals surface area (Å²) in [5.41, 5.74) is 5.06. The second-order valence-corrected chi connectivity index (χ2v) is 7.76. The van der Waals surface area contributed by atoms with E-state index in [1.165, 1.54) is 0 Å². The first-order chi connectivity index (χ1) is 15.2. The van der Waals surface area contributed by atoms with Crippen molar-refractivity contribution in [1.82, 2.24) is 20.0 Å². The van der Waals surface area contributed by atoms with Gasteiger partial charge in [0.15, 0.2) is 5.78 Å². The van der Waals surface area contributed by atoms with Crippen LogP contribution >= 0.6 is 12.4 Å². The number of anilines is 1. The average molecular weight is 458 g/mol. The van der Waals surface area contributed by atoms with Gasteiger partial charge < -0.3 is 20.6 Å². The van der Waals surface area contributed by atoms with E-state index in [-0.39, 0.29) is 24.8 Å². The molecule has 0 radical (unpaired) electrons. The number of aliphatic hydroxyl groups excluding tert-OH is 1. The molecule has 3 N–H and O–H groups in total. The van der Waals surface area contributed by atoms with E-state index in [0.717, 1.165) is 54.0 Å². The van der Waals surface area contributed by atoms with Gasteiger partial charge in [0, 0.05) is 48.4 Å². The first-order valence-corrected chi connectivity index (χ1v) is 11.1. The average Bonchev–Trinajstić information content (AvgIpc) is 3.17. The number of hydrogen-bond donors (Lipinski definition) is 3. The van der Waals surface area contributed by atoms with E-state index in [2.05, 4.69) is 40.1 Å². The third kappa shape index (κ3) is 4.52. The topological polar surface area (TPSA) is 82.4 Å². The van der Waals surface area contributed by atoms with Crippen LogP contribution in [0.15, 0.2) is 36.4 Å². The highest BCUT2D eigenvalue weighted by Gasteiger charge is 2.30. The number of nitrogens with zero attached hydrogens (tertiary/aromatic N) is 3. The van der Waals surface area contributed by atoms with Crippen LogP contribution in [0.5, 0.6) is 0 Å². The predicted octanol–water partition coefficient (Wildman–Crippen LogP) is 3.01. The Bertz CT molecular complexity index is 1080. The van der Waals surface area contributed by atoms with Crippen LogP contribution < -0.4 is 10.6 Å². The van der Waals surface area contributed by atoms with Gasteiger partial charge in [-0.15, -0.1) is 12.4 Å². The maximum absolute atomic E-state index is 13.5. The smallest absolute Gasteiger partial charge is 0.196 e. The van der Waals surface area contributed by atoms with E-state index in [4.69, 9.17) is 10.2 Å². The summed E-state index contributed by atoms with van der Waals surface area (Å²) in [5, 5.41) is 21.4. The van der Waals surface area contributed by atoms with E-state index in [1.54, 1.807) is 0 Å². The molecule has 172 valence electrons. The lowest BCUT2D eigenvalue weighted by molar-refractivity contribution is 0.104. The van der Waals surface area contributed by atoms with Gasteiger partial charge in [-0.25, -0.2) is 0 Å². The molecule has 0 bridgehead atoms. The second kappa shape index (κ2) is 10.9. The fourth-order valence-corrected chi connectivity index (χ4v) is 4.30. The van der Waals surface area contributed by atoms with Crippen LogP contribution in [0.4, 0.5) is 5.69 Å². The highest BCUT2D eigenvalue weighted by atomic mass is 35.5. The molecule has 0 fully saturated rings. The lowest BCUT2D eigenvalue weighted by Crippen LogP contribution is -2.27. The summed E-state index contributed by atoms with van der Waals surface area (Å²) >= 11 is 0. The van der Waals surface area contributed by atoms with Crippen LogP contribution in [0.1, 0.15) is 29.8 Å². The van der Waals surface area contributed by atoms with Crippen LogP contribution in [-0.4, -0.2) is 71.4 Å². The van der Waals surface area contributed by atoms with Crippen LogP contribution in [0, 0.1) is 0 Å². The highest BCUT2D eigenvalue weighted by Crippen LogP contribution is 2.41. The fourth-order valence-electron chi connectivity index (χ4n) is 4.30. The van der Waals surface area contributed by atoms with Crippen molar-refractivity contribution < 1.29 is 9.90 Å². The maximum atomic E-state index is 13.5. The zero-order chi connectivity index (χ0) is 21.8. The van der Waals surface area contributed by atoms with E-state index < -0.39 is 0 Å². The SMILES string of the molecule is CCN(CC)CCn1nc2c3c(c(NCCNCCO)ccc31)C(=O)c1ccccc1-2.Cl. The summed E-state index contributed by atoms with van der Waals surface area (Å²) in [6, 6.07) is 11.8. The van der Waals surface area contributed by atoms with Crippen LogP contribution in [-0.2, 0) is 6.54 Å². The highest BCUT2D eigenvalue weighted by molar-refractivity contribution is 6.27. The van der Waals surface area contributed by atoms with Crippen molar-refractivity contribution in [2.45, 2.75) is 20.4 Å². The molecule has 4 rings (SSSR count). The normalized spacial score (nSPS) is 12.2. The summed E-state index contributed by atoms with van der Waals surface area (Å²) in [7, 11) is 0. The largest absolute Gasteiger partial charge is 0.395 e. The maximum Gasteiger partial charge on any atom is 0.196 e. The number of aliphatic hydroxyl groups is 1. The Labute approximate surface area is 195 Å². The molecule has 3 aromatic rings. The van der Waals surface area contributed by atoms with E-state index in [0.29, 0.717) is 30.8 Å². The molecule has 0 saturated carbocycles. The van der Waals surface area contributed by atoms with Gasteiger partial charge in [-0.1, -0.05) is 38.1 Å². The fraction of sp³-hybridized carbons (Fsp3) is 0.417. The van der Waals surface area contributed by atoms with E-state index in [1.807, 2.05) is 30.3 Å². The summed E-state index contributed by atoms with van der Waals surface area (Å²) < 4.78 is 2.05. The molecule has 1 aliphatic rings. The molecule has 1 aliphatic carbocycles. The van der Waals surface area contributed by atoms with Gasteiger partial charge >= 0.3 is 0 Å². The molecule has 0 spiro atoms. The summed E-state index contributed by atoms with van der Waals surface area (Å²) in [5.74, 6) is 0.0443. The van der Waals surface area contributed by atoms with Crippen molar-refractivity contribution in [3.63, 3.8) is 0 Å². The van der Waals surface area contributed by atoms with Gasteiger partial charge in [0.2, 0.25) is 0 Å². The van der Waals surface area contributed by atoms with Crippen LogP contribution in [0.2, 0.25) is 0 Å². The molecule has 0 saturated heterocycles. The van der Waals surface area contributed by atoms with Crippen molar-refractivity contribution in [1.29, 1.82) is 0 Å². The van der Waals surface area contributed by atoms with Crippen molar-refractivity contribution in [2.24, 2.45) is 0 Å². The van der Waals surface area contributed by atoms with Gasteiger partial charge in [-0.05, 0) is 25.2 Å². The Morgan fingerprint density at radius 1 is 1.03 bits per heavy atom. The number of likely N-dealkylation sites (N-methyl/N-ethyl adjacent to an activating group) is 1. The predicted molar refractivity (Wildman–Crippen MR) is 132 cm³/mol. The Morgan fingerprint density at radius 2 is 1.78 bits per heavy atom. The van der Waals surface area contributed by atoms with Crippen molar-refractivity contribution >= 4 is 34.8 Å². The van der Waals surface area contributed by atoms with Crippen LogP contribution in [0.25, 0.3) is 22.2 Å². The number of carbonyl (C=O) groups excluding carboxylic acids is 1. The van der Waals surface area contributed by atoms with Gasteiger partial charge in [-0.2, -0.15) is 5.10 Å². The van der Waals surface area contributed by atoms with Crippen molar-refractivity contribution in [3.05, 3.63) is 47.5 Å². The summed E-state index contributed by atoms with van der Waals surface area (Å²) in [6.45, 7) is 10.1. The third-order valence-electron chi connectivity index (χ3n) is 6.00. The number of aromatic nitrogens is 2. The number of ketones is 1. The summed E-state index contributed by atoms with van der Waals surface area (Å²) in [6.07, 6.45) is 0. The van der Waals surface area contributed by atoms with Gasteiger partial charge in [-0.3, -0.25) is 9.48 Å². The minimum absolute atomic E-state index is 0. The molecule has 0 aliphatic heterocycles. The van der Waals surface area contributed by atoms with Gasteiger partial charge in [0.05, 0.1) is 24.2 Å². The molecule has 0 unspecified atom stereocenters. The molecule has 8 heteroatoms. The standard InChI is InChI=1S/C24H31N5O2.ClH/c1-3-28(4-2)14-15-29-20-10-9-19(26-12-11-25-13-16-30)21-22(20)23(27-29)17-7-5-6-8-18(17)24(21)31;/h5-10,25-26,30H,3-4,11-16H2,1-2H3;1H. The Balaban J connectivity index is 0.00000289. The molecule has 32 heavy (non-hydrogen) atoms. The van der Waals surface area contributed by atoms with Gasteiger partial charge in [0.1, 0.15) is 5.69 Å². The zero-order valence-electron chi connectivity index (χ0n) is 18.7. The molecule has 1 heterocycles. The van der Waals surface area contributed by atoms with Gasteiger partial charge in [0.25, 0.3) is 0 Å². The number of nitrogens with one attached hydrogen (secondary N) is 2. The number of fused-ring (bicyclic) bond motifs is 2. The van der Waals surface area contributed by atoms with Crippen molar-refractivity contribution in [3.8, 4) is 11.3 Å². The summed E-state index contributed by atoms with van der Waals surface area (Å²) in [4.78, 5) is 15.9. The first kappa shape index (κ1) is 24.2. The quantitative estimate of drug-likeness (QED) is 0.300. The number of halogens is 1. The Morgan fingerprint density at radius 3 is 2.50 bits per heavy atom. The lowest BCUT2D eigenvalue weighted by Gasteiger charge is -2.19. The first-order valence-electron chi connectivity index (χ1n) is 11.1. The number of rotatable bonds is 11. The Kier molecular flexibility index (Phi) is 8.26. The van der Waals surface area contributed by atoms with Crippen molar-refractivity contribution in [2.75, 3.05) is 51.2 Å². The minimum Gasteiger partial charge on any atom is -0.395 e. The molecule has 7 nitrogen and oxygen atoms in total. The molecular formula is C24H32ClN5O2. The third-order valence-corrected chi connectivity index (χ3v) is 6.00. The second-order valence-electron chi connectivity index (χ2n) is 7.76. The number of hydrogen-bond acceptors (Lipinski definition) is 6. The number of benzene rings is 2. The molecular weight excluding hydrogens is 426 g/mol. The lowest BCUT2D eigenvalue weighted by atomic mass is 9.86. The molecule has 2 aromatic carbocycles. The molecule has 0 amide bonds. The monoisotopic (exact) mass is 457 g/mol.